The normalized spacial score (nSPS) is 20.3. The maximum absolute atomic E-state index is 13.9. The summed E-state index contributed by atoms with van der Waals surface area (Å²) in [5.74, 6) is 0.884. The van der Waals surface area contributed by atoms with Crippen molar-refractivity contribution >= 4 is 38.6 Å². The van der Waals surface area contributed by atoms with E-state index in [0.717, 1.165) is 36.4 Å². The number of hydrogen-bond donors (Lipinski definition) is 0. The van der Waals surface area contributed by atoms with Crippen molar-refractivity contribution < 1.29 is 4.39 Å². The summed E-state index contributed by atoms with van der Waals surface area (Å²) in [6.45, 7) is 1.93. The molecule has 0 N–H and O–H groups in total. The average Bonchev–Trinajstić information content (AvgIpc) is 2.79. The number of aromatic nitrogens is 2. The van der Waals surface area contributed by atoms with Gasteiger partial charge in [0.1, 0.15) is 11.6 Å². The quantitative estimate of drug-likeness (QED) is 0.752. The van der Waals surface area contributed by atoms with Crippen LogP contribution in [0.4, 0.5) is 4.39 Å². The predicted octanol–water partition coefficient (Wildman–Crippen LogP) is 4.16. The molecule has 1 aliphatic rings. The molecular formula is C15H18BrClFN3. The highest BCUT2D eigenvalue weighted by Crippen LogP contribution is 2.26. The first-order valence-electron chi connectivity index (χ1n) is 7.20. The number of rotatable bonds is 3. The van der Waals surface area contributed by atoms with Crippen LogP contribution in [0, 0.1) is 5.82 Å². The Morgan fingerprint density at radius 3 is 2.95 bits per heavy atom. The Labute approximate surface area is 137 Å². The number of hydrogen-bond acceptors (Lipinski definition) is 2. The number of benzene rings is 1. The first-order valence-corrected chi connectivity index (χ1v) is 8.53. The second-order valence-electron chi connectivity index (χ2n) is 5.66. The van der Waals surface area contributed by atoms with Crippen molar-refractivity contribution in [3.05, 3.63) is 28.2 Å². The zero-order chi connectivity index (χ0) is 15.0. The van der Waals surface area contributed by atoms with E-state index in [1.807, 2.05) is 0 Å². The fourth-order valence-corrected chi connectivity index (χ4v) is 3.60. The fraction of sp³-hybridized carbons (Fsp3) is 0.533. The summed E-state index contributed by atoms with van der Waals surface area (Å²) in [6, 6.07) is 3.73. The molecule has 0 saturated carbocycles. The monoisotopic (exact) mass is 373 g/mol. The Hall–Kier alpha value is -0.650. The molecule has 0 aliphatic carbocycles. The molecular weight excluding hydrogens is 357 g/mol. The van der Waals surface area contributed by atoms with Gasteiger partial charge in [-0.2, -0.15) is 0 Å². The van der Waals surface area contributed by atoms with Gasteiger partial charge in [0.05, 0.1) is 21.4 Å². The molecule has 0 bridgehead atoms. The molecule has 1 atom stereocenters. The first-order chi connectivity index (χ1) is 10.1. The number of imidazole rings is 1. The molecule has 6 heteroatoms. The maximum atomic E-state index is 13.9. The number of likely N-dealkylation sites (N-methyl/N-ethyl adjacent to an activating group) is 1. The van der Waals surface area contributed by atoms with Gasteiger partial charge in [-0.05, 0) is 48.4 Å². The van der Waals surface area contributed by atoms with Crippen molar-refractivity contribution in [2.24, 2.45) is 0 Å². The fourth-order valence-electron chi connectivity index (χ4n) is 3.06. The second kappa shape index (κ2) is 6.23. The van der Waals surface area contributed by atoms with Gasteiger partial charge in [-0.3, -0.25) is 0 Å². The van der Waals surface area contributed by atoms with E-state index >= 15 is 0 Å². The van der Waals surface area contributed by atoms with Gasteiger partial charge in [-0.25, -0.2) is 9.37 Å². The molecule has 3 nitrogen and oxygen atoms in total. The van der Waals surface area contributed by atoms with Gasteiger partial charge < -0.3 is 9.47 Å². The number of piperidine rings is 1. The highest BCUT2D eigenvalue weighted by Gasteiger charge is 2.22. The van der Waals surface area contributed by atoms with Crippen molar-refractivity contribution in [2.45, 2.75) is 37.7 Å². The summed E-state index contributed by atoms with van der Waals surface area (Å²) in [4.78, 5) is 6.92. The van der Waals surface area contributed by atoms with Gasteiger partial charge in [-0.15, -0.1) is 11.6 Å². The van der Waals surface area contributed by atoms with Gasteiger partial charge in [0.15, 0.2) is 0 Å². The van der Waals surface area contributed by atoms with E-state index in [4.69, 9.17) is 11.6 Å². The topological polar surface area (TPSA) is 21.1 Å². The number of fused-ring (bicyclic) bond motifs is 1. The van der Waals surface area contributed by atoms with Crippen LogP contribution in [0.2, 0.25) is 0 Å². The summed E-state index contributed by atoms with van der Waals surface area (Å²) in [5.41, 5.74) is 1.61. The third-order valence-corrected chi connectivity index (χ3v) is 5.15. The van der Waals surface area contributed by atoms with Crippen LogP contribution < -0.4 is 0 Å². The van der Waals surface area contributed by atoms with Gasteiger partial charge in [0.25, 0.3) is 0 Å². The molecule has 3 rings (SSSR count). The van der Waals surface area contributed by atoms with Crippen molar-refractivity contribution in [3.8, 4) is 0 Å². The highest BCUT2D eigenvalue weighted by atomic mass is 79.9. The summed E-state index contributed by atoms with van der Waals surface area (Å²) in [5, 5.41) is 0. The Kier molecular flexibility index (Phi) is 4.52. The number of halogens is 3. The van der Waals surface area contributed by atoms with Crippen LogP contribution in [0.25, 0.3) is 11.0 Å². The molecule has 1 aromatic carbocycles. The number of alkyl halides is 1. The van der Waals surface area contributed by atoms with Crippen LogP contribution in [-0.4, -0.2) is 34.1 Å². The molecule has 1 fully saturated rings. The number of nitrogens with zero attached hydrogens (tertiary/aromatic N) is 3. The molecule has 0 amide bonds. The van der Waals surface area contributed by atoms with Crippen molar-refractivity contribution in [3.63, 3.8) is 0 Å². The van der Waals surface area contributed by atoms with Gasteiger partial charge in [-0.1, -0.05) is 6.42 Å². The van der Waals surface area contributed by atoms with Gasteiger partial charge in [0, 0.05) is 18.7 Å². The molecule has 1 aromatic heterocycles. The van der Waals surface area contributed by atoms with Crippen molar-refractivity contribution in [1.82, 2.24) is 14.5 Å². The lowest BCUT2D eigenvalue weighted by Gasteiger charge is -2.33. The summed E-state index contributed by atoms with van der Waals surface area (Å²) in [7, 11) is 2.15. The van der Waals surface area contributed by atoms with E-state index in [0.29, 0.717) is 16.4 Å². The number of likely N-dealkylation sites (tertiary alicyclic amines) is 1. The molecule has 0 spiro atoms. The van der Waals surface area contributed by atoms with Crippen LogP contribution in [-0.2, 0) is 12.4 Å². The Morgan fingerprint density at radius 2 is 2.24 bits per heavy atom. The highest BCUT2D eigenvalue weighted by molar-refractivity contribution is 9.10. The van der Waals surface area contributed by atoms with Crippen molar-refractivity contribution in [2.75, 3.05) is 13.6 Å². The third kappa shape index (κ3) is 2.96. The third-order valence-electron chi connectivity index (χ3n) is 4.30. The standard InChI is InChI=1S/C15H18BrClFN3/c1-20-5-3-2-4-10(20)9-21-14-7-12(18)11(16)6-13(14)19-15(21)8-17/h6-7,10H,2-5,8-9H2,1H3. The smallest absolute Gasteiger partial charge is 0.139 e. The zero-order valence-electron chi connectivity index (χ0n) is 12.0. The van der Waals surface area contributed by atoms with E-state index in [1.165, 1.54) is 12.8 Å². The minimum Gasteiger partial charge on any atom is -0.325 e. The summed E-state index contributed by atoms with van der Waals surface area (Å²) in [6.07, 6.45) is 3.66. The minimum absolute atomic E-state index is 0.262. The van der Waals surface area contributed by atoms with Crippen LogP contribution in [0.5, 0.6) is 0 Å². The SMILES string of the molecule is CN1CCCCC1Cn1c(CCl)nc2cc(Br)c(F)cc21. The van der Waals surface area contributed by atoms with Gasteiger partial charge >= 0.3 is 0 Å². The van der Waals surface area contributed by atoms with Crippen molar-refractivity contribution in [1.29, 1.82) is 0 Å². The Balaban J connectivity index is 2.01. The van der Waals surface area contributed by atoms with Crippen LogP contribution in [0.3, 0.4) is 0 Å². The Bertz CT molecular complexity index is 658. The maximum Gasteiger partial charge on any atom is 0.139 e. The van der Waals surface area contributed by atoms with E-state index < -0.39 is 0 Å². The van der Waals surface area contributed by atoms with Crippen LogP contribution >= 0.6 is 27.5 Å². The van der Waals surface area contributed by atoms with Crippen LogP contribution in [0.1, 0.15) is 25.1 Å². The average molecular weight is 375 g/mol. The Morgan fingerprint density at radius 1 is 1.43 bits per heavy atom. The second-order valence-corrected chi connectivity index (χ2v) is 6.78. The summed E-state index contributed by atoms with van der Waals surface area (Å²) < 4.78 is 16.4. The summed E-state index contributed by atoms with van der Waals surface area (Å²) >= 11 is 9.25. The first kappa shape index (κ1) is 15.3. The van der Waals surface area contributed by atoms with Gasteiger partial charge in [0.2, 0.25) is 0 Å². The zero-order valence-corrected chi connectivity index (χ0v) is 14.3. The molecule has 2 heterocycles. The molecule has 114 valence electrons. The van der Waals surface area contributed by atoms with E-state index in [1.54, 1.807) is 12.1 Å². The van der Waals surface area contributed by atoms with E-state index in [2.05, 4.69) is 37.4 Å². The lowest BCUT2D eigenvalue weighted by molar-refractivity contribution is 0.168. The molecule has 0 radical (unpaired) electrons. The molecule has 2 aromatic rings. The molecule has 1 unspecified atom stereocenters. The molecule has 21 heavy (non-hydrogen) atoms. The van der Waals surface area contributed by atoms with E-state index in [-0.39, 0.29) is 5.82 Å². The molecule has 1 saturated heterocycles. The lowest BCUT2D eigenvalue weighted by atomic mass is 10.0. The largest absolute Gasteiger partial charge is 0.325 e. The van der Waals surface area contributed by atoms with Crippen LogP contribution in [0.15, 0.2) is 16.6 Å². The lowest BCUT2D eigenvalue weighted by Crippen LogP contribution is -2.39. The predicted molar refractivity (Wildman–Crippen MR) is 87.2 cm³/mol. The molecule has 1 aliphatic heterocycles. The van der Waals surface area contributed by atoms with E-state index in [9.17, 15) is 4.39 Å². The minimum atomic E-state index is -0.262.